The van der Waals surface area contributed by atoms with E-state index in [9.17, 15) is 4.79 Å². The van der Waals surface area contributed by atoms with Crippen LogP contribution in [0.3, 0.4) is 0 Å². The maximum atomic E-state index is 11.6. The average Bonchev–Trinajstić information content (AvgIpc) is 2.38. The van der Waals surface area contributed by atoms with Gasteiger partial charge in [0.2, 0.25) is 0 Å². The summed E-state index contributed by atoms with van der Waals surface area (Å²) in [4.78, 5) is 11.6. The van der Waals surface area contributed by atoms with Crippen LogP contribution in [-0.4, -0.2) is 40.6 Å². The summed E-state index contributed by atoms with van der Waals surface area (Å²) in [6, 6.07) is 15.5. The van der Waals surface area contributed by atoms with E-state index in [2.05, 4.69) is 0 Å². The van der Waals surface area contributed by atoms with Crippen molar-refractivity contribution in [2.75, 3.05) is 0 Å². The van der Waals surface area contributed by atoms with E-state index in [4.69, 9.17) is 9.84 Å². The normalized spacial score (nSPS) is 9.33. The molecule has 2 aromatic rings. The molecule has 4 heteroatoms. The maximum absolute atomic E-state index is 11.6. The molecule has 0 atom stereocenters. The predicted molar refractivity (Wildman–Crippen MR) is 70.8 cm³/mol. The van der Waals surface area contributed by atoms with Gasteiger partial charge in [-0.15, -0.1) is 0 Å². The van der Waals surface area contributed by atoms with Crippen LogP contribution in [0, 0.1) is 0 Å². The molecule has 18 heavy (non-hydrogen) atoms. The molecular weight excluding hydrogens is 239 g/mol. The summed E-state index contributed by atoms with van der Waals surface area (Å²) >= 11 is 0. The third kappa shape index (κ3) is 4.18. The van der Waals surface area contributed by atoms with E-state index < -0.39 is 5.97 Å². The molecule has 0 saturated heterocycles. The Morgan fingerprint density at radius 3 is 2.22 bits per heavy atom. The predicted octanol–water partition coefficient (Wildman–Crippen LogP) is 2.10. The summed E-state index contributed by atoms with van der Waals surface area (Å²) < 4.78 is 5.13. The zero-order valence-electron chi connectivity index (χ0n) is 9.17. The number of hydrogen-bond donors (Lipinski definition) is 1. The SMILES string of the molecule is O=C(OCc1ccccc1)c1ccc(O)cc1.[NaH]. The molecule has 0 aromatic heterocycles. The van der Waals surface area contributed by atoms with Gasteiger partial charge in [0.1, 0.15) is 12.4 Å². The molecule has 3 nitrogen and oxygen atoms in total. The van der Waals surface area contributed by atoms with Gasteiger partial charge < -0.3 is 9.84 Å². The van der Waals surface area contributed by atoms with Crippen LogP contribution in [0.15, 0.2) is 54.6 Å². The quantitative estimate of drug-likeness (QED) is 0.672. The summed E-state index contributed by atoms with van der Waals surface area (Å²) in [5.41, 5.74) is 1.37. The molecule has 0 radical (unpaired) electrons. The van der Waals surface area contributed by atoms with Gasteiger partial charge in [0, 0.05) is 0 Å². The number of aromatic hydroxyl groups is 1. The number of esters is 1. The third-order valence-electron chi connectivity index (χ3n) is 2.32. The first-order chi connectivity index (χ1) is 8.25. The number of benzene rings is 2. The summed E-state index contributed by atoms with van der Waals surface area (Å²) in [6.45, 7) is 0.251. The van der Waals surface area contributed by atoms with Crippen molar-refractivity contribution in [2.24, 2.45) is 0 Å². The first kappa shape index (κ1) is 14.8. The number of carbonyl (C=O) groups excluding carboxylic acids is 1. The third-order valence-corrected chi connectivity index (χ3v) is 2.32. The summed E-state index contributed by atoms with van der Waals surface area (Å²) in [7, 11) is 0. The molecule has 0 unspecified atom stereocenters. The van der Waals surface area contributed by atoms with E-state index in [1.165, 1.54) is 24.3 Å². The molecule has 0 spiro atoms. The van der Waals surface area contributed by atoms with Gasteiger partial charge >= 0.3 is 35.5 Å². The second-order valence-corrected chi connectivity index (χ2v) is 3.61. The van der Waals surface area contributed by atoms with Crippen LogP contribution in [-0.2, 0) is 11.3 Å². The van der Waals surface area contributed by atoms with Gasteiger partial charge in [0.05, 0.1) is 5.56 Å². The summed E-state index contributed by atoms with van der Waals surface area (Å²) in [5.74, 6) is -0.265. The number of phenolic OH excluding ortho intramolecular Hbond substituents is 1. The van der Waals surface area contributed by atoms with Gasteiger partial charge in [0.25, 0.3) is 0 Å². The van der Waals surface area contributed by atoms with Crippen LogP contribution < -0.4 is 0 Å². The van der Waals surface area contributed by atoms with E-state index in [1.807, 2.05) is 30.3 Å². The van der Waals surface area contributed by atoms with Crippen LogP contribution >= 0.6 is 0 Å². The molecule has 0 saturated carbocycles. The molecule has 0 aliphatic heterocycles. The second-order valence-electron chi connectivity index (χ2n) is 3.61. The Kier molecular flexibility index (Phi) is 5.92. The molecule has 0 fully saturated rings. The Morgan fingerprint density at radius 1 is 1.00 bits per heavy atom. The number of ether oxygens (including phenoxy) is 1. The molecule has 1 N–H and O–H groups in total. The molecule has 2 rings (SSSR count). The van der Waals surface area contributed by atoms with Crippen molar-refractivity contribution < 1.29 is 14.6 Å². The van der Waals surface area contributed by atoms with E-state index in [0.717, 1.165) is 5.56 Å². The average molecular weight is 252 g/mol. The van der Waals surface area contributed by atoms with Crippen LogP contribution in [0.25, 0.3) is 0 Å². The first-order valence-corrected chi connectivity index (χ1v) is 5.26. The number of carbonyl (C=O) groups is 1. The molecule has 0 aliphatic rings. The number of phenols is 1. The first-order valence-electron chi connectivity index (χ1n) is 5.26. The van der Waals surface area contributed by atoms with Crippen molar-refractivity contribution in [1.29, 1.82) is 0 Å². The molecular formula is C14H13NaO3. The van der Waals surface area contributed by atoms with E-state index >= 15 is 0 Å². The van der Waals surface area contributed by atoms with Crippen LogP contribution in [0.2, 0.25) is 0 Å². The molecule has 88 valence electrons. The van der Waals surface area contributed by atoms with Crippen LogP contribution in [0.4, 0.5) is 0 Å². The number of rotatable bonds is 3. The fraction of sp³-hybridized carbons (Fsp3) is 0.0714. The minimum absolute atomic E-state index is 0. The Morgan fingerprint density at radius 2 is 1.61 bits per heavy atom. The molecule has 2 aromatic carbocycles. The van der Waals surface area contributed by atoms with E-state index in [0.29, 0.717) is 5.56 Å². The molecule has 0 aliphatic carbocycles. The minimum atomic E-state index is -0.395. The van der Waals surface area contributed by atoms with Crippen molar-refractivity contribution in [3.63, 3.8) is 0 Å². The van der Waals surface area contributed by atoms with Crippen LogP contribution in [0.1, 0.15) is 15.9 Å². The fourth-order valence-corrected chi connectivity index (χ4v) is 1.40. The van der Waals surface area contributed by atoms with Gasteiger partial charge in [-0.05, 0) is 29.8 Å². The van der Waals surface area contributed by atoms with Gasteiger partial charge in [-0.25, -0.2) is 4.79 Å². The van der Waals surface area contributed by atoms with Gasteiger partial charge in [-0.1, -0.05) is 30.3 Å². The summed E-state index contributed by atoms with van der Waals surface area (Å²) in [5, 5.41) is 9.09. The van der Waals surface area contributed by atoms with Crippen molar-refractivity contribution in [3.8, 4) is 5.75 Å². The van der Waals surface area contributed by atoms with Crippen molar-refractivity contribution in [1.82, 2.24) is 0 Å². The fourth-order valence-electron chi connectivity index (χ4n) is 1.40. The van der Waals surface area contributed by atoms with Crippen LogP contribution in [0.5, 0.6) is 5.75 Å². The molecule has 0 heterocycles. The summed E-state index contributed by atoms with van der Waals surface area (Å²) in [6.07, 6.45) is 0. The standard InChI is InChI=1S/C14H12O3.Na.H/c15-13-8-6-12(7-9-13)14(16)17-10-11-4-2-1-3-5-11;;/h1-9,15H,10H2;;. The van der Waals surface area contributed by atoms with Gasteiger partial charge in [0.15, 0.2) is 0 Å². The van der Waals surface area contributed by atoms with Crippen molar-refractivity contribution >= 4 is 35.5 Å². The zero-order chi connectivity index (χ0) is 12.1. The Bertz CT molecular complexity index is 494. The van der Waals surface area contributed by atoms with Crippen molar-refractivity contribution in [2.45, 2.75) is 6.61 Å². The van der Waals surface area contributed by atoms with Crippen molar-refractivity contribution in [3.05, 3.63) is 65.7 Å². The Labute approximate surface area is 128 Å². The number of hydrogen-bond acceptors (Lipinski definition) is 3. The Balaban J connectivity index is 0.00000162. The zero-order valence-corrected chi connectivity index (χ0v) is 9.17. The molecule has 0 amide bonds. The second kappa shape index (κ2) is 7.21. The van der Waals surface area contributed by atoms with E-state index in [-0.39, 0.29) is 41.9 Å². The Hall–Kier alpha value is -1.29. The van der Waals surface area contributed by atoms with Gasteiger partial charge in [-0.2, -0.15) is 0 Å². The monoisotopic (exact) mass is 252 g/mol. The topological polar surface area (TPSA) is 46.5 Å². The van der Waals surface area contributed by atoms with E-state index in [1.54, 1.807) is 0 Å². The molecule has 0 bridgehead atoms. The van der Waals surface area contributed by atoms with Gasteiger partial charge in [-0.3, -0.25) is 0 Å².